The largest absolute Gasteiger partial charge is 0.303 e. The first-order valence-corrected chi connectivity index (χ1v) is 3.13. The molecule has 0 fully saturated rings. The molecule has 0 bridgehead atoms. The molecular formula is C7H5N3O. The second-order valence-corrected chi connectivity index (χ2v) is 2.12. The van der Waals surface area contributed by atoms with Gasteiger partial charge < -0.3 is 4.40 Å². The van der Waals surface area contributed by atoms with Crippen LogP contribution in [0, 0.1) is 0 Å². The van der Waals surface area contributed by atoms with E-state index < -0.39 is 0 Å². The Morgan fingerprint density at radius 2 is 2.45 bits per heavy atom. The quantitative estimate of drug-likeness (QED) is 0.553. The number of aromatic nitrogens is 3. The fourth-order valence-electron chi connectivity index (χ4n) is 0.951. The van der Waals surface area contributed by atoms with Crippen LogP contribution in [0.15, 0.2) is 24.9 Å². The van der Waals surface area contributed by atoms with Crippen molar-refractivity contribution in [2.45, 2.75) is 0 Å². The highest BCUT2D eigenvalue weighted by atomic mass is 16.1. The molecule has 0 unspecified atom stereocenters. The number of hydrogen-bond donors (Lipinski definition) is 0. The maximum absolute atomic E-state index is 10.4. The minimum Gasteiger partial charge on any atom is -0.303 e. The van der Waals surface area contributed by atoms with Crippen LogP contribution < -0.4 is 0 Å². The molecule has 2 heterocycles. The topological polar surface area (TPSA) is 47.3 Å². The third-order valence-corrected chi connectivity index (χ3v) is 1.48. The normalized spacial score (nSPS) is 10.2. The van der Waals surface area contributed by atoms with Crippen molar-refractivity contribution in [3.05, 3.63) is 30.6 Å². The van der Waals surface area contributed by atoms with Crippen LogP contribution in [0.5, 0.6) is 0 Å². The van der Waals surface area contributed by atoms with Crippen molar-refractivity contribution in [1.29, 1.82) is 0 Å². The molecule has 0 radical (unpaired) electrons. The van der Waals surface area contributed by atoms with E-state index in [4.69, 9.17) is 0 Å². The van der Waals surface area contributed by atoms with Gasteiger partial charge in [0.25, 0.3) is 0 Å². The number of rotatable bonds is 1. The van der Waals surface area contributed by atoms with E-state index in [-0.39, 0.29) is 0 Å². The number of aldehydes is 1. The number of carbonyl (C=O) groups excluding carboxylic acids is 1. The van der Waals surface area contributed by atoms with Crippen molar-refractivity contribution < 1.29 is 4.79 Å². The van der Waals surface area contributed by atoms with Gasteiger partial charge in [0.2, 0.25) is 0 Å². The molecule has 0 aromatic carbocycles. The zero-order valence-corrected chi connectivity index (χ0v) is 5.64. The van der Waals surface area contributed by atoms with Crippen molar-refractivity contribution in [2.75, 3.05) is 0 Å². The molecule has 0 N–H and O–H groups in total. The van der Waals surface area contributed by atoms with E-state index in [0.717, 1.165) is 11.8 Å². The summed E-state index contributed by atoms with van der Waals surface area (Å²) in [4.78, 5) is 18.1. The Labute approximate surface area is 62.5 Å². The first-order chi connectivity index (χ1) is 5.42. The highest BCUT2D eigenvalue weighted by Gasteiger charge is 1.99. The Balaban J connectivity index is 2.86. The van der Waals surface area contributed by atoms with E-state index in [2.05, 4.69) is 9.97 Å². The van der Waals surface area contributed by atoms with E-state index in [1.54, 1.807) is 29.3 Å². The number of carbonyl (C=O) groups is 1. The lowest BCUT2D eigenvalue weighted by molar-refractivity contribution is 0.112. The van der Waals surface area contributed by atoms with E-state index in [1.807, 2.05) is 0 Å². The summed E-state index contributed by atoms with van der Waals surface area (Å²) in [6.07, 6.45) is 7.30. The van der Waals surface area contributed by atoms with Crippen molar-refractivity contribution in [3.63, 3.8) is 0 Å². The zero-order chi connectivity index (χ0) is 7.68. The smallest absolute Gasteiger partial charge is 0.170 e. The lowest BCUT2D eigenvalue weighted by Crippen LogP contribution is -1.84. The molecule has 0 atom stereocenters. The minimum atomic E-state index is 0.429. The fraction of sp³-hybridized carbons (Fsp3) is 0. The van der Waals surface area contributed by atoms with Crippen molar-refractivity contribution >= 4 is 11.8 Å². The van der Waals surface area contributed by atoms with Gasteiger partial charge in [-0.3, -0.25) is 9.78 Å². The highest BCUT2D eigenvalue weighted by molar-refractivity contribution is 5.82. The second kappa shape index (κ2) is 2.16. The summed E-state index contributed by atoms with van der Waals surface area (Å²) in [6, 6.07) is 0. The van der Waals surface area contributed by atoms with Crippen molar-refractivity contribution in [3.8, 4) is 0 Å². The first-order valence-electron chi connectivity index (χ1n) is 3.13. The molecule has 2 aromatic heterocycles. The third kappa shape index (κ3) is 0.797. The lowest BCUT2D eigenvalue weighted by atomic mass is 10.4. The van der Waals surface area contributed by atoms with Gasteiger partial charge in [-0.1, -0.05) is 0 Å². The van der Waals surface area contributed by atoms with Gasteiger partial charge in [0.05, 0.1) is 11.7 Å². The standard InChI is InChI=1S/C7H5N3O/c11-4-6-7-3-8-1-2-10(7)5-9-6/h1-5H. The summed E-state index contributed by atoms with van der Waals surface area (Å²) in [5.41, 5.74) is 1.17. The predicted octanol–water partition coefficient (Wildman–Crippen LogP) is 0.542. The monoisotopic (exact) mass is 147 g/mol. The zero-order valence-electron chi connectivity index (χ0n) is 5.64. The molecule has 54 valence electrons. The summed E-state index contributed by atoms with van der Waals surface area (Å²) in [5.74, 6) is 0. The summed E-state index contributed by atoms with van der Waals surface area (Å²) < 4.78 is 1.75. The van der Waals surface area contributed by atoms with Gasteiger partial charge in [-0.05, 0) is 0 Å². The van der Waals surface area contributed by atoms with E-state index in [9.17, 15) is 4.79 Å². The Bertz CT molecular complexity index is 393. The molecule has 0 saturated heterocycles. The first kappa shape index (κ1) is 6.03. The molecule has 0 spiro atoms. The predicted molar refractivity (Wildman–Crippen MR) is 38.4 cm³/mol. The van der Waals surface area contributed by atoms with E-state index >= 15 is 0 Å². The second-order valence-electron chi connectivity index (χ2n) is 2.12. The molecule has 11 heavy (non-hydrogen) atoms. The third-order valence-electron chi connectivity index (χ3n) is 1.48. The molecular weight excluding hydrogens is 142 g/mol. The molecule has 0 aliphatic carbocycles. The maximum atomic E-state index is 10.4. The number of imidazole rings is 1. The molecule has 0 saturated carbocycles. The summed E-state index contributed by atoms with van der Waals surface area (Å²) in [5, 5.41) is 0. The van der Waals surface area contributed by atoms with Crippen LogP contribution in [0.3, 0.4) is 0 Å². The number of hydrogen-bond acceptors (Lipinski definition) is 3. The molecule has 0 aliphatic rings. The van der Waals surface area contributed by atoms with Crippen LogP contribution >= 0.6 is 0 Å². The molecule has 2 rings (SSSR count). The Hall–Kier alpha value is -1.71. The number of fused-ring (bicyclic) bond motifs is 1. The van der Waals surface area contributed by atoms with Gasteiger partial charge in [-0.15, -0.1) is 0 Å². The summed E-state index contributed by atoms with van der Waals surface area (Å²) in [7, 11) is 0. The van der Waals surface area contributed by atoms with Crippen molar-refractivity contribution in [2.24, 2.45) is 0 Å². The van der Waals surface area contributed by atoms with Gasteiger partial charge in [-0.2, -0.15) is 0 Å². The molecule has 4 nitrogen and oxygen atoms in total. The SMILES string of the molecule is O=Cc1ncn2ccncc12. The Morgan fingerprint density at radius 3 is 3.27 bits per heavy atom. The highest BCUT2D eigenvalue weighted by Crippen LogP contribution is 2.03. The molecule has 4 heteroatoms. The lowest BCUT2D eigenvalue weighted by Gasteiger charge is -1.88. The fourth-order valence-corrected chi connectivity index (χ4v) is 0.951. The number of nitrogens with zero attached hydrogens (tertiary/aromatic N) is 3. The van der Waals surface area contributed by atoms with Crippen LogP contribution in [0.2, 0.25) is 0 Å². The van der Waals surface area contributed by atoms with Gasteiger partial charge in [0, 0.05) is 12.4 Å². The Morgan fingerprint density at radius 1 is 1.55 bits per heavy atom. The van der Waals surface area contributed by atoms with Gasteiger partial charge in [0.1, 0.15) is 12.0 Å². The molecule has 2 aromatic rings. The van der Waals surface area contributed by atoms with Crippen LogP contribution in [0.1, 0.15) is 10.5 Å². The average molecular weight is 147 g/mol. The van der Waals surface area contributed by atoms with E-state index in [1.165, 1.54) is 0 Å². The summed E-state index contributed by atoms with van der Waals surface area (Å²) in [6.45, 7) is 0. The minimum absolute atomic E-state index is 0.429. The molecule has 0 aliphatic heterocycles. The van der Waals surface area contributed by atoms with Crippen LogP contribution in [0.4, 0.5) is 0 Å². The van der Waals surface area contributed by atoms with Crippen LogP contribution in [-0.2, 0) is 0 Å². The van der Waals surface area contributed by atoms with Crippen LogP contribution in [0.25, 0.3) is 5.52 Å². The maximum Gasteiger partial charge on any atom is 0.170 e. The van der Waals surface area contributed by atoms with Gasteiger partial charge in [-0.25, -0.2) is 4.98 Å². The van der Waals surface area contributed by atoms with Gasteiger partial charge in [0.15, 0.2) is 6.29 Å². The van der Waals surface area contributed by atoms with Crippen LogP contribution in [-0.4, -0.2) is 20.7 Å². The van der Waals surface area contributed by atoms with E-state index in [0.29, 0.717) is 5.69 Å². The summed E-state index contributed by atoms with van der Waals surface area (Å²) >= 11 is 0. The molecule has 0 amide bonds. The van der Waals surface area contributed by atoms with Crippen molar-refractivity contribution in [1.82, 2.24) is 14.4 Å². The average Bonchev–Trinajstić information content (AvgIpc) is 2.47. The van der Waals surface area contributed by atoms with Gasteiger partial charge >= 0.3 is 0 Å². The Kier molecular flexibility index (Phi) is 1.18.